The number of guanidine groups is 1. The van der Waals surface area contributed by atoms with Crippen LogP contribution in [0.15, 0.2) is 17.1 Å². The van der Waals surface area contributed by atoms with Crippen LogP contribution < -0.4 is 24.8 Å². The molecule has 0 aliphatic heterocycles. The minimum atomic E-state index is -0.722. The summed E-state index contributed by atoms with van der Waals surface area (Å²) in [6.07, 6.45) is 3.40. The Labute approximate surface area is 192 Å². The number of halogens is 1. The Hall–Kier alpha value is -1.42. The molecule has 7 nitrogen and oxygen atoms in total. The van der Waals surface area contributed by atoms with Crippen molar-refractivity contribution in [2.24, 2.45) is 4.99 Å². The first-order chi connectivity index (χ1) is 13.5. The molecule has 0 amide bonds. The Morgan fingerprint density at radius 3 is 1.97 bits per heavy atom. The largest absolute Gasteiger partial charge is 0.496 e. The molecule has 29 heavy (non-hydrogen) atoms. The maximum atomic E-state index is 10.8. The normalized spacial score (nSPS) is 11.5. The number of nitrogens with one attached hydrogen (secondary N) is 2. The van der Waals surface area contributed by atoms with Crippen LogP contribution in [0, 0.1) is 0 Å². The number of ether oxygens (including phenoxy) is 3. The van der Waals surface area contributed by atoms with Gasteiger partial charge in [-0.1, -0.05) is 26.7 Å². The summed E-state index contributed by atoms with van der Waals surface area (Å²) in [7, 11) is 4.81. The molecular formula is C21H38IN3O4. The van der Waals surface area contributed by atoms with Crippen molar-refractivity contribution in [3.8, 4) is 17.2 Å². The van der Waals surface area contributed by atoms with E-state index in [2.05, 4.69) is 29.5 Å². The minimum Gasteiger partial charge on any atom is -0.496 e. The smallest absolute Gasteiger partial charge is 0.191 e. The molecule has 0 bridgehead atoms. The quantitative estimate of drug-likeness (QED) is 0.220. The van der Waals surface area contributed by atoms with E-state index < -0.39 is 5.60 Å². The number of rotatable bonds is 12. The van der Waals surface area contributed by atoms with Crippen LogP contribution in [0.25, 0.3) is 0 Å². The van der Waals surface area contributed by atoms with Gasteiger partial charge in [0.2, 0.25) is 0 Å². The molecular weight excluding hydrogens is 485 g/mol. The van der Waals surface area contributed by atoms with Crippen LogP contribution in [-0.4, -0.2) is 51.1 Å². The first-order valence-electron chi connectivity index (χ1n) is 10.00. The fraction of sp³-hybridized carbons (Fsp3) is 0.667. The summed E-state index contributed by atoms with van der Waals surface area (Å²) in [4.78, 5) is 4.65. The second-order valence-electron chi connectivity index (χ2n) is 6.79. The van der Waals surface area contributed by atoms with Gasteiger partial charge in [0.25, 0.3) is 0 Å². The monoisotopic (exact) mass is 523 g/mol. The van der Waals surface area contributed by atoms with Crippen molar-refractivity contribution < 1.29 is 19.3 Å². The van der Waals surface area contributed by atoms with E-state index in [0.29, 0.717) is 36.3 Å². The van der Waals surface area contributed by atoms with Crippen LogP contribution in [0.4, 0.5) is 0 Å². The zero-order valence-corrected chi connectivity index (χ0v) is 21.0. The maximum Gasteiger partial charge on any atom is 0.191 e. The van der Waals surface area contributed by atoms with Crippen LogP contribution in [0.2, 0.25) is 0 Å². The van der Waals surface area contributed by atoms with Crippen molar-refractivity contribution in [3.05, 3.63) is 17.7 Å². The van der Waals surface area contributed by atoms with Crippen molar-refractivity contribution in [1.29, 1.82) is 0 Å². The van der Waals surface area contributed by atoms with Crippen LogP contribution in [0.3, 0.4) is 0 Å². The molecule has 168 valence electrons. The molecule has 0 fully saturated rings. The van der Waals surface area contributed by atoms with E-state index in [9.17, 15) is 5.11 Å². The van der Waals surface area contributed by atoms with Gasteiger partial charge in [0, 0.05) is 24.7 Å². The molecule has 0 spiro atoms. The van der Waals surface area contributed by atoms with Crippen LogP contribution >= 0.6 is 24.0 Å². The highest BCUT2D eigenvalue weighted by Gasteiger charge is 2.25. The van der Waals surface area contributed by atoms with E-state index in [0.717, 1.165) is 37.8 Å². The van der Waals surface area contributed by atoms with Crippen molar-refractivity contribution in [2.45, 2.75) is 58.6 Å². The van der Waals surface area contributed by atoms with E-state index in [1.54, 1.807) is 27.4 Å². The molecule has 0 aliphatic rings. The Balaban J connectivity index is 0.00000784. The number of nitrogens with zero attached hydrogens (tertiary/aromatic N) is 1. The average molecular weight is 523 g/mol. The molecule has 1 aromatic carbocycles. The average Bonchev–Trinajstić information content (AvgIpc) is 2.69. The topological polar surface area (TPSA) is 84.3 Å². The molecule has 3 N–H and O–H groups in total. The number of benzene rings is 1. The summed E-state index contributed by atoms with van der Waals surface area (Å²) in [5, 5.41) is 17.3. The van der Waals surface area contributed by atoms with E-state index in [-0.39, 0.29) is 24.0 Å². The van der Waals surface area contributed by atoms with Crippen molar-refractivity contribution in [3.63, 3.8) is 0 Å². The van der Waals surface area contributed by atoms with E-state index in [1.807, 2.05) is 13.0 Å². The van der Waals surface area contributed by atoms with Gasteiger partial charge in [0.15, 0.2) is 17.5 Å². The molecule has 0 radical (unpaired) electrons. The SMILES string of the molecule is CCCC(O)(CCC)CNC(=NCc1cc(OC)c(OC)cc1OC)NCC.I. The molecule has 0 aliphatic carbocycles. The number of methoxy groups -OCH3 is 3. The van der Waals surface area contributed by atoms with Gasteiger partial charge < -0.3 is 30.0 Å². The summed E-state index contributed by atoms with van der Waals surface area (Å²) < 4.78 is 16.2. The first kappa shape index (κ1) is 27.6. The second kappa shape index (κ2) is 14.5. The van der Waals surface area contributed by atoms with Crippen molar-refractivity contribution in [1.82, 2.24) is 10.6 Å². The Bertz CT molecular complexity index is 620. The summed E-state index contributed by atoms with van der Waals surface area (Å²) in [6, 6.07) is 3.67. The lowest BCUT2D eigenvalue weighted by atomic mass is 9.93. The minimum absolute atomic E-state index is 0. The van der Waals surface area contributed by atoms with Gasteiger partial charge in [-0.05, 0) is 25.8 Å². The number of hydrogen-bond acceptors (Lipinski definition) is 5. The van der Waals surface area contributed by atoms with E-state index in [4.69, 9.17) is 14.2 Å². The summed E-state index contributed by atoms with van der Waals surface area (Å²) in [5.74, 6) is 2.59. The third-order valence-corrected chi connectivity index (χ3v) is 4.55. The second-order valence-corrected chi connectivity index (χ2v) is 6.79. The molecule has 0 unspecified atom stereocenters. The van der Waals surface area contributed by atoms with Gasteiger partial charge in [-0.25, -0.2) is 4.99 Å². The lowest BCUT2D eigenvalue weighted by Gasteiger charge is -2.28. The fourth-order valence-electron chi connectivity index (χ4n) is 3.20. The number of aliphatic imine (C=N–C) groups is 1. The van der Waals surface area contributed by atoms with Gasteiger partial charge in [-0.15, -0.1) is 24.0 Å². The van der Waals surface area contributed by atoms with Crippen molar-refractivity contribution >= 4 is 29.9 Å². The Morgan fingerprint density at radius 1 is 0.931 bits per heavy atom. The molecule has 0 saturated carbocycles. The van der Waals surface area contributed by atoms with Crippen LogP contribution in [0.1, 0.15) is 52.0 Å². The summed E-state index contributed by atoms with van der Waals surface area (Å²) >= 11 is 0. The highest BCUT2D eigenvalue weighted by Crippen LogP contribution is 2.34. The molecule has 0 aromatic heterocycles. The van der Waals surface area contributed by atoms with E-state index >= 15 is 0 Å². The zero-order chi connectivity index (χ0) is 21.0. The van der Waals surface area contributed by atoms with Crippen LogP contribution in [0.5, 0.6) is 17.2 Å². The molecule has 0 heterocycles. The highest BCUT2D eigenvalue weighted by atomic mass is 127. The van der Waals surface area contributed by atoms with Gasteiger partial charge in [0.1, 0.15) is 5.75 Å². The standard InChI is InChI=1S/C21H37N3O4.HI/c1-7-10-21(25,11-8-2)15-24-20(22-9-3)23-14-16-12-18(27-5)19(28-6)13-17(16)26-4;/h12-13,25H,7-11,14-15H2,1-6H3,(H2,22,23,24);1H. The van der Waals surface area contributed by atoms with Crippen molar-refractivity contribution in [2.75, 3.05) is 34.4 Å². The molecule has 1 aromatic rings. The first-order valence-corrected chi connectivity index (χ1v) is 10.00. The molecule has 8 heteroatoms. The van der Waals surface area contributed by atoms with Gasteiger partial charge >= 0.3 is 0 Å². The third kappa shape index (κ3) is 8.86. The number of aliphatic hydroxyl groups is 1. The fourth-order valence-corrected chi connectivity index (χ4v) is 3.20. The third-order valence-electron chi connectivity index (χ3n) is 4.55. The molecule has 0 atom stereocenters. The van der Waals surface area contributed by atoms with E-state index in [1.165, 1.54) is 0 Å². The maximum absolute atomic E-state index is 10.8. The zero-order valence-electron chi connectivity index (χ0n) is 18.6. The van der Waals surface area contributed by atoms with Crippen LogP contribution in [-0.2, 0) is 6.54 Å². The number of hydrogen-bond donors (Lipinski definition) is 3. The van der Waals surface area contributed by atoms with Gasteiger partial charge in [-0.3, -0.25) is 0 Å². The molecule has 1 rings (SSSR count). The Morgan fingerprint density at radius 2 is 1.48 bits per heavy atom. The van der Waals surface area contributed by atoms with Gasteiger partial charge in [-0.2, -0.15) is 0 Å². The predicted molar refractivity (Wildman–Crippen MR) is 129 cm³/mol. The summed E-state index contributed by atoms with van der Waals surface area (Å²) in [6.45, 7) is 7.78. The highest BCUT2D eigenvalue weighted by molar-refractivity contribution is 14.0. The Kier molecular flexibility index (Phi) is 13.8. The summed E-state index contributed by atoms with van der Waals surface area (Å²) in [5.41, 5.74) is 0.162. The lowest BCUT2D eigenvalue weighted by Crippen LogP contribution is -2.47. The lowest BCUT2D eigenvalue weighted by molar-refractivity contribution is 0.0257. The predicted octanol–water partition coefficient (Wildman–Crippen LogP) is 3.72. The molecule has 0 saturated heterocycles. The van der Waals surface area contributed by atoms with Gasteiger partial charge in [0.05, 0.1) is 33.5 Å².